The number of fused-ring (bicyclic) bond motifs is 2. The van der Waals surface area contributed by atoms with E-state index in [-0.39, 0.29) is 42.9 Å². The summed E-state index contributed by atoms with van der Waals surface area (Å²) in [7, 11) is -2.18. The summed E-state index contributed by atoms with van der Waals surface area (Å²) in [6, 6.07) is 3.79. The third-order valence-corrected chi connectivity index (χ3v) is 12.7. The molecule has 11 nitrogen and oxygen atoms in total. The van der Waals surface area contributed by atoms with Crippen LogP contribution >= 0.6 is 11.6 Å². The highest BCUT2D eigenvalue weighted by molar-refractivity contribution is 7.85. The predicted octanol–water partition coefficient (Wildman–Crippen LogP) is 4.11. The van der Waals surface area contributed by atoms with Gasteiger partial charge in [0.25, 0.3) is 0 Å². The number of hydrogen-bond acceptors (Lipinski definition) is 11. The number of aliphatic hydroxyl groups is 2. The van der Waals surface area contributed by atoms with Crippen molar-refractivity contribution in [3.8, 4) is 0 Å². The molecule has 1 aromatic carbocycles. The Balaban J connectivity index is 0.000000189. The minimum Gasteiger partial charge on any atom is -0.394 e. The summed E-state index contributed by atoms with van der Waals surface area (Å²) in [4.78, 5) is 21.0. The number of aliphatic hydroxyl groups excluding tert-OH is 2. The van der Waals surface area contributed by atoms with Gasteiger partial charge in [0.05, 0.1) is 57.3 Å². The highest BCUT2D eigenvalue weighted by atomic mass is 35.5. The minimum atomic E-state index is -1.13. The lowest BCUT2D eigenvalue weighted by molar-refractivity contribution is 0.265. The van der Waals surface area contributed by atoms with E-state index < -0.39 is 33.2 Å². The van der Waals surface area contributed by atoms with E-state index in [2.05, 4.69) is 30.5 Å². The molecule has 5 heterocycles. The maximum atomic E-state index is 14.2. The van der Waals surface area contributed by atoms with E-state index in [1.165, 1.54) is 12.1 Å². The molecule has 16 heteroatoms. The van der Waals surface area contributed by atoms with Crippen LogP contribution in [0.4, 0.5) is 26.4 Å². The second kappa shape index (κ2) is 13.8. The van der Waals surface area contributed by atoms with Crippen LogP contribution in [0.25, 0.3) is 0 Å². The summed E-state index contributed by atoms with van der Waals surface area (Å²) >= 11 is 5.85. The monoisotopic (exact) mass is 723 g/mol. The largest absolute Gasteiger partial charge is 0.394 e. The number of benzene rings is 1. The molecule has 3 aromatic rings. The number of nitrogens with zero attached hydrogens (tertiary/aromatic N) is 5. The smallest absolute Gasteiger partial charge is 0.227 e. The number of rotatable bonds is 8. The second-order valence-corrected chi connectivity index (χ2v) is 16.3. The number of aromatic nitrogens is 4. The molecule has 0 spiro atoms. The number of hydrogen-bond donors (Lipinski definition) is 4. The molecule has 5 aliphatic rings. The fraction of sp³-hybridized carbons (Fsp3) is 0.562. The Morgan fingerprint density at radius 3 is 1.92 bits per heavy atom. The van der Waals surface area contributed by atoms with E-state index in [9.17, 15) is 27.4 Å². The Labute approximate surface area is 288 Å². The third-order valence-electron chi connectivity index (χ3n) is 9.60. The summed E-state index contributed by atoms with van der Waals surface area (Å²) in [6.07, 6.45) is 6.27. The van der Waals surface area contributed by atoms with E-state index in [0.29, 0.717) is 70.4 Å². The van der Waals surface area contributed by atoms with Crippen molar-refractivity contribution in [3.05, 3.63) is 52.1 Å². The van der Waals surface area contributed by atoms with Gasteiger partial charge in [0.1, 0.15) is 33.1 Å². The molecule has 2 saturated carbocycles. The summed E-state index contributed by atoms with van der Waals surface area (Å²) < 4.78 is 51.7. The van der Waals surface area contributed by atoms with Crippen molar-refractivity contribution in [2.75, 3.05) is 53.3 Å². The Kier molecular flexibility index (Phi) is 10.1. The van der Waals surface area contributed by atoms with Crippen molar-refractivity contribution in [1.82, 2.24) is 19.9 Å². The highest BCUT2D eigenvalue weighted by Gasteiger charge is 2.45. The number of nitrogens with one attached hydrogen (secondary N) is 2. The van der Waals surface area contributed by atoms with Crippen LogP contribution in [0.2, 0.25) is 5.28 Å². The van der Waals surface area contributed by atoms with Crippen LogP contribution in [0, 0.1) is 11.6 Å². The van der Waals surface area contributed by atoms with Crippen LogP contribution in [-0.2, 0) is 34.4 Å². The molecule has 260 valence electrons. The normalized spacial score (nSPS) is 22.9. The molecule has 3 fully saturated rings. The van der Waals surface area contributed by atoms with E-state index in [1.807, 2.05) is 0 Å². The van der Waals surface area contributed by atoms with Gasteiger partial charge in [-0.2, -0.15) is 9.97 Å². The van der Waals surface area contributed by atoms with E-state index in [0.717, 1.165) is 56.0 Å². The zero-order valence-electron chi connectivity index (χ0n) is 25.6. The summed E-state index contributed by atoms with van der Waals surface area (Å²) in [5.74, 6) is 1.79. The van der Waals surface area contributed by atoms with Gasteiger partial charge in [-0.3, -0.25) is 8.42 Å². The lowest BCUT2D eigenvalue weighted by atomic mass is 9.89. The standard InChI is InChI=1S/C21H24F2N4O2S.C10H12ClN3O2S.CH4/c22-14-1-2-15(16(23)11-14)13-3-8-27(9-4-13)20-24-17-5-10-30(29)18(17)19(25-20)26-21(12-28)6-7-21;11-9-12-6-1-4-17(16)7(6)8(13-9)14-10(5-15)2-3-10;/h1-2,11,13,28H,3-10,12H2,(H,24,25,26);15H,1-5H2,(H,12,13,14);1H4. The van der Waals surface area contributed by atoms with Crippen LogP contribution in [-0.4, -0.2) is 87.5 Å². The van der Waals surface area contributed by atoms with Gasteiger partial charge in [0.2, 0.25) is 11.2 Å². The third kappa shape index (κ3) is 7.07. The second-order valence-electron chi connectivity index (χ2n) is 12.9. The Morgan fingerprint density at radius 2 is 1.40 bits per heavy atom. The zero-order chi connectivity index (χ0) is 32.9. The molecule has 3 aliphatic heterocycles. The quantitative estimate of drug-likeness (QED) is 0.249. The van der Waals surface area contributed by atoms with Crippen LogP contribution in [0.5, 0.6) is 0 Å². The molecule has 0 bridgehead atoms. The van der Waals surface area contributed by atoms with Crippen molar-refractivity contribution in [1.29, 1.82) is 0 Å². The van der Waals surface area contributed by atoms with Gasteiger partial charge in [-0.15, -0.1) is 0 Å². The van der Waals surface area contributed by atoms with Crippen molar-refractivity contribution < 1.29 is 27.4 Å². The first-order chi connectivity index (χ1) is 22.6. The lowest BCUT2D eigenvalue weighted by Crippen LogP contribution is -2.35. The van der Waals surface area contributed by atoms with E-state index >= 15 is 0 Å². The first kappa shape index (κ1) is 35.0. The molecule has 2 atom stereocenters. The average Bonchev–Trinajstić information content (AvgIpc) is 3.95. The predicted molar refractivity (Wildman–Crippen MR) is 182 cm³/mol. The number of anilines is 3. The van der Waals surface area contributed by atoms with Crippen LogP contribution in [0.3, 0.4) is 0 Å². The summed E-state index contributed by atoms with van der Waals surface area (Å²) in [5.41, 5.74) is 1.47. The van der Waals surface area contributed by atoms with Gasteiger partial charge in [-0.1, -0.05) is 13.5 Å². The first-order valence-electron chi connectivity index (χ1n) is 15.8. The molecule has 48 heavy (non-hydrogen) atoms. The molecular formula is C32H40ClF2N7O4S2. The molecule has 2 aromatic heterocycles. The molecule has 0 amide bonds. The van der Waals surface area contributed by atoms with Gasteiger partial charge in [0, 0.05) is 43.5 Å². The summed E-state index contributed by atoms with van der Waals surface area (Å²) in [6.45, 7) is 1.39. The molecular weight excluding hydrogens is 684 g/mol. The number of aryl methyl sites for hydroxylation is 2. The topological polar surface area (TPSA) is 153 Å². The highest BCUT2D eigenvalue weighted by Crippen LogP contribution is 2.42. The van der Waals surface area contributed by atoms with Crippen molar-refractivity contribution in [2.24, 2.45) is 0 Å². The van der Waals surface area contributed by atoms with Crippen molar-refractivity contribution in [2.45, 2.75) is 85.6 Å². The van der Waals surface area contributed by atoms with E-state index in [1.54, 1.807) is 0 Å². The Bertz CT molecular complexity index is 1750. The Hall–Kier alpha value is -2.85. The minimum absolute atomic E-state index is 0. The van der Waals surface area contributed by atoms with Crippen LogP contribution in [0.15, 0.2) is 28.0 Å². The van der Waals surface area contributed by atoms with Crippen molar-refractivity contribution >= 4 is 50.8 Å². The maximum Gasteiger partial charge on any atom is 0.227 e. The number of piperidine rings is 1. The van der Waals surface area contributed by atoms with Gasteiger partial charge in [0.15, 0.2) is 0 Å². The van der Waals surface area contributed by atoms with Gasteiger partial charge >= 0.3 is 0 Å². The molecule has 8 rings (SSSR count). The van der Waals surface area contributed by atoms with E-state index in [4.69, 9.17) is 16.6 Å². The molecule has 4 N–H and O–H groups in total. The number of halogens is 3. The van der Waals surface area contributed by atoms with Crippen molar-refractivity contribution in [3.63, 3.8) is 0 Å². The average molecular weight is 724 g/mol. The van der Waals surface area contributed by atoms with Gasteiger partial charge in [-0.05, 0) is 67.7 Å². The lowest BCUT2D eigenvalue weighted by Gasteiger charge is -2.33. The van der Waals surface area contributed by atoms with Crippen LogP contribution in [0.1, 0.15) is 68.8 Å². The zero-order valence-corrected chi connectivity index (χ0v) is 28.0. The Morgan fingerprint density at radius 1 is 0.854 bits per heavy atom. The van der Waals surface area contributed by atoms with Gasteiger partial charge in [-0.25, -0.2) is 18.7 Å². The molecule has 0 radical (unpaired) electrons. The molecule has 2 aliphatic carbocycles. The fourth-order valence-corrected chi connectivity index (χ4v) is 9.13. The maximum absolute atomic E-state index is 14.2. The fourth-order valence-electron chi connectivity index (χ4n) is 6.33. The summed E-state index contributed by atoms with van der Waals surface area (Å²) in [5, 5.41) is 25.6. The van der Waals surface area contributed by atoms with Gasteiger partial charge < -0.3 is 25.7 Å². The van der Waals surface area contributed by atoms with Crippen LogP contribution < -0.4 is 15.5 Å². The SMILES string of the molecule is C.O=S1CCc2nc(Cl)nc(NC3(CO)CC3)c21.O=S1CCc2nc(N3CCC(c4ccc(F)cc4F)CC3)nc(NC3(CO)CC3)c21. The molecule has 1 saturated heterocycles. The molecule has 2 unspecified atom stereocenters. The first-order valence-corrected chi connectivity index (χ1v) is 18.9.